The molecular weight excluding hydrogens is 608 g/mol. The molecule has 14 nitrogen and oxygen atoms in total. The lowest BCUT2D eigenvalue weighted by Crippen LogP contribution is -2.55. The van der Waals surface area contributed by atoms with Crippen LogP contribution in [0.1, 0.15) is 17.2 Å². The number of phenolic OH excluding ortho intramolecular Hbond substituents is 3. The molecular formula is C32H30O14. The van der Waals surface area contributed by atoms with Gasteiger partial charge < -0.3 is 59.1 Å². The molecule has 1 aromatic heterocycles. The fourth-order valence-corrected chi connectivity index (χ4v) is 5.08. The number of ether oxygens (including phenoxy) is 4. The average Bonchev–Trinajstić information content (AvgIpc) is 3.04. The van der Waals surface area contributed by atoms with Gasteiger partial charge in [-0.25, -0.2) is 4.79 Å². The Labute approximate surface area is 260 Å². The summed E-state index contributed by atoms with van der Waals surface area (Å²) in [5, 5.41) is 72.1. The fourth-order valence-electron chi connectivity index (χ4n) is 5.08. The van der Waals surface area contributed by atoms with Crippen LogP contribution in [0.25, 0.3) is 28.4 Å². The van der Waals surface area contributed by atoms with Crippen molar-refractivity contribution >= 4 is 23.0 Å². The van der Waals surface area contributed by atoms with Gasteiger partial charge in [0.25, 0.3) is 0 Å². The van der Waals surface area contributed by atoms with E-state index in [1.165, 1.54) is 56.7 Å². The predicted molar refractivity (Wildman–Crippen MR) is 160 cm³/mol. The summed E-state index contributed by atoms with van der Waals surface area (Å²) in [7, 11) is 2.66. The Morgan fingerprint density at radius 2 is 1.52 bits per heavy atom. The van der Waals surface area contributed by atoms with Crippen LogP contribution in [-0.2, 0) is 9.53 Å². The molecule has 3 aromatic carbocycles. The van der Waals surface area contributed by atoms with Crippen molar-refractivity contribution in [1.82, 2.24) is 0 Å². The van der Waals surface area contributed by atoms with Gasteiger partial charge in [0.1, 0.15) is 64.5 Å². The normalized spacial score (nSPS) is 21.4. The molecule has 1 aliphatic rings. The number of carbonyl (C=O) groups excluding carboxylic acids is 1. The van der Waals surface area contributed by atoms with Crippen LogP contribution in [0.3, 0.4) is 0 Å². The van der Waals surface area contributed by atoms with E-state index in [1.807, 2.05) is 0 Å². The topological polar surface area (TPSA) is 226 Å². The zero-order valence-electron chi connectivity index (χ0n) is 24.4. The second-order valence-electron chi connectivity index (χ2n) is 10.3. The van der Waals surface area contributed by atoms with E-state index >= 15 is 0 Å². The third-order valence-corrected chi connectivity index (χ3v) is 7.45. The molecule has 0 radical (unpaired) electrons. The van der Waals surface area contributed by atoms with Gasteiger partial charge in [0.15, 0.2) is 16.9 Å². The lowest BCUT2D eigenvalue weighted by atomic mass is 9.89. The number of phenols is 3. The maximum atomic E-state index is 13.3. The highest BCUT2D eigenvalue weighted by molar-refractivity contribution is 5.92. The number of carbonyl (C=O) groups is 1. The summed E-state index contributed by atoms with van der Waals surface area (Å²) < 4.78 is 27.3. The molecule has 5 atom stereocenters. The van der Waals surface area contributed by atoms with E-state index in [4.69, 9.17) is 23.4 Å². The van der Waals surface area contributed by atoms with E-state index in [0.717, 1.165) is 18.2 Å². The molecule has 5 unspecified atom stereocenters. The Balaban J connectivity index is 1.62. The van der Waals surface area contributed by atoms with Crippen LogP contribution in [0, 0.1) is 0 Å². The van der Waals surface area contributed by atoms with Gasteiger partial charge in [0.2, 0.25) is 5.75 Å². The van der Waals surface area contributed by atoms with Gasteiger partial charge in [-0.1, -0.05) is 0 Å². The maximum absolute atomic E-state index is 13.3. The standard InChI is InChI=1S/C32H30O14/c1-42-21-9-14(10-22(43-2)27(21)37)3-8-24(36)45-20-12-19-25(17(35)11-18(44-19)15-4-6-16(34)7-5-15)29(39)26(20)32-31(41)30(40)28(38)23(13-33)46-32/h3-12,23,28,30-34,37-41H,13H2,1-2H3. The number of fused-ring (bicyclic) bond motifs is 1. The van der Waals surface area contributed by atoms with E-state index < -0.39 is 65.6 Å². The van der Waals surface area contributed by atoms with Crippen molar-refractivity contribution in [2.75, 3.05) is 20.8 Å². The minimum Gasteiger partial charge on any atom is -0.508 e. The Morgan fingerprint density at radius 1 is 0.870 bits per heavy atom. The maximum Gasteiger partial charge on any atom is 0.336 e. The Morgan fingerprint density at radius 3 is 2.13 bits per heavy atom. The Kier molecular flexibility index (Phi) is 9.18. The van der Waals surface area contributed by atoms with Crippen LogP contribution < -0.4 is 19.6 Å². The minimum atomic E-state index is -1.91. The number of esters is 1. The molecule has 242 valence electrons. The van der Waals surface area contributed by atoms with Crippen LogP contribution in [0.2, 0.25) is 0 Å². The molecule has 1 saturated heterocycles. The molecule has 0 bridgehead atoms. The first-order chi connectivity index (χ1) is 22.0. The Hall–Kier alpha value is -5.12. The number of aliphatic hydroxyl groups excluding tert-OH is 4. The lowest BCUT2D eigenvalue weighted by Gasteiger charge is -2.40. The summed E-state index contributed by atoms with van der Waals surface area (Å²) in [4.78, 5) is 26.4. The summed E-state index contributed by atoms with van der Waals surface area (Å²) in [5.41, 5.74) is -0.648. The third kappa shape index (κ3) is 6.07. The van der Waals surface area contributed by atoms with Crippen molar-refractivity contribution in [2.24, 2.45) is 0 Å². The van der Waals surface area contributed by atoms with Gasteiger partial charge in [0, 0.05) is 23.8 Å². The van der Waals surface area contributed by atoms with Crippen molar-refractivity contribution in [1.29, 1.82) is 0 Å². The minimum absolute atomic E-state index is 0.0276. The van der Waals surface area contributed by atoms with Crippen LogP contribution in [0.4, 0.5) is 0 Å². The molecule has 0 spiro atoms. The van der Waals surface area contributed by atoms with Crippen LogP contribution >= 0.6 is 0 Å². The number of hydrogen-bond donors (Lipinski definition) is 7. The molecule has 0 amide bonds. The van der Waals surface area contributed by atoms with Gasteiger partial charge in [-0.2, -0.15) is 0 Å². The first-order valence-corrected chi connectivity index (χ1v) is 13.8. The predicted octanol–water partition coefficient (Wildman–Crippen LogP) is 1.73. The van der Waals surface area contributed by atoms with Crippen molar-refractivity contribution in [3.63, 3.8) is 0 Å². The summed E-state index contributed by atoms with van der Waals surface area (Å²) >= 11 is 0. The van der Waals surface area contributed by atoms with Crippen LogP contribution in [-0.4, -0.2) is 87.0 Å². The largest absolute Gasteiger partial charge is 0.508 e. The summed E-state index contributed by atoms with van der Waals surface area (Å²) in [5.74, 6) is -2.39. The van der Waals surface area contributed by atoms with Crippen LogP contribution in [0.15, 0.2) is 63.8 Å². The molecule has 2 heterocycles. The molecule has 46 heavy (non-hydrogen) atoms. The lowest BCUT2D eigenvalue weighted by molar-refractivity contribution is -0.232. The van der Waals surface area contributed by atoms with Crippen molar-refractivity contribution in [3.8, 4) is 45.8 Å². The third-order valence-electron chi connectivity index (χ3n) is 7.45. The van der Waals surface area contributed by atoms with Gasteiger partial charge in [-0.05, 0) is 48.0 Å². The molecule has 4 aromatic rings. The van der Waals surface area contributed by atoms with E-state index in [0.29, 0.717) is 11.1 Å². The number of hydrogen-bond acceptors (Lipinski definition) is 14. The Bertz CT molecular complexity index is 1820. The van der Waals surface area contributed by atoms with E-state index in [-0.39, 0.29) is 39.7 Å². The zero-order chi connectivity index (χ0) is 33.3. The number of rotatable bonds is 8. The van der Waals surface area contributed by atoms with Crippen molar-refractivity contribution in [2.45, 2.75) is 30.5 Å². The second kappa shape index (κ2) is 13.1. The molecule has 0 saturated carbocycles. The molecule has 14 heteroatoms. The zero-order valence-corrected chi connectivity index (χ0v) is 24.4. The first-order valence-electron chi connectivity index (χ1n) is 13.8. The summed E-state index contributed by atoms with van der Waals surface area (Å²) in [6, 6.07) is 10.7. The van der Waals surface area contributed by atoms with Gasteiger partial charge in [-0.15, -0.1) is 0 Å². The summed E-state index contributed by atoms with van der Waals surface area (Å²) in [6.45, 7) is -0.786. The molecule has 7 N–H and O–H groups in total. The fraction of sp³-hybridized carbons (Fsp3) is 0.250. The van der Waals surface area contributed by atoms with Gasteiger partial charge >= 0.3 is 5.97 Å². The molecule has 0 aliphatic carbocycles. The highest BCUT2D eigenvalue weighted by atomic mass is 16.6. The van der Waals surface area contributed by atoms with Crippen molar-refractivity contribution < 1.29 is 63.9 Å². The molecule has 1 aliphatic heterocycles. The van der Waals surface area contributed by atoms with Crippen molar-refractivity contribution in [3.05, 3.63) is 76.0 Å². The van der Waals surface area contributed by atoms with E-state index in [9.17, 15) is 45.3 Å². The molecule has 1 fully saturated rings. The quantitative estimate of drug-likeness (QED) is 0.0829. The van der Waals surface area contributed by atoms with E-state index in [2.05, 4.69) is 0 Å². The highest BCUT2D eigenvalue weighted by Gasteiger charge is 2.46. The van der Waals surface area contributed by atoms with Crippen LogP contribution in [0.5, 0.6) is 34.5 Å². The molecule has 5 rings (SSSR count). The van der Waals surface area contributed by atoms with Gasteiger partial charge in [0.05, 0.1) is 26.4 Å². The number of methoxy groups -OCH3 is 2. The SMILES string of the molecule is COc1cc(C=CC(=O)Oc2cc3oc(-c4ccc(O)cc4)cc(=O)c3c(O)c2C2OC(CO)C(O)C(O)C2O)cc(OC)c1O. The smallest absolute Gasteiger partial charge is 0.336 e. The number of benzene rings is 3. The highest BCUT2D eigenvalue weighted by Crippen LogP contribution is 2.45. The average molecular weight is 639 g/mol. The van der Waals surface area contributed by atoms with Gasteiger partial charge in [-0.3, -0.25) is 4.79 Å². The van der Waals surface area contributed by atoms with E-state index in [1.54, 1.807) is 0 Å². The first kappa shape index (κ1) is 32.3. The number of aromatic hydroxyl groups is 3. The summed E-state index contributed by atoms with van der Waals surface area (Å²) in [6.07, 6.45) is -6.29. The monoisotopic (exact) mass is 638 g/mol. The number of aliphatic hydroxyl groups is 4. The second-order valence-corrected chi connectivity index (χ2v) is 10.3.